The summed E-state index contributed by atoms with van der Waals surface area (Å²) in [4.78, 5) is 35.4. The molecule has 42 heavy (non-hydrogen) atoms. The number of aromatic nitrogens is 4. The van der Waals surface area contributed by atoms with Gasteiger partial charge in [-0.05, 0) is 42.8 Å². The van der Waals surface area contributed by atoms with Crippen LogP contribution in [-0.4, -0.2) is 99.9 Å². The number of hydrogen-bond donors (Lipinski definition) is 1. The fourth-order valence-corrected chi connectivity index (χ4v) is 5.75. The number of aromatic amines is 1. The van der Waals surface area contributed by atoms with Crippen molar-refractivity contribution in [2.45, 2.75) is 19.4 Å². The van der Waals surface area contributed by atoms with Gasteiger partial charge in [0, 0.05) is 68.4 Å². The SMILES string of the molecule is COc1ccccc1-c1cc(C2=CCCN(C(=O)CCn3ccnn3)C2)c(F)c2[nH]c(C(=O)N3CCN(C)CC3)cc12. The molecule has 0 spiro atoms. The summed E-state index contributed by atoms with van der Waals surface area (Å²) in [6, 6.07) is 11.2. The second kappa shape index (κ2) is 11.8. The molecule has 0 radical (unpaired) electrons. The van der Waals surface area contributed by atoms with Gasteiger partial charge in [-0.15, -0.1) is 5.10 Å². The van der Waals surface area contributed by atoms with Gasteiger partial charge in [0.25, 0.3) is 5.91 Å². The van der Waals surface area contributed by atoms with E-state index in [1.807, 2.05) is 43.5 Å². The standard InChI is InChI=1S/C31H34FN7O3/c1-36-14-16-37(17-15-36)31(41)26-19-25-24(22-7-3-4-8-27(22)42-2)18-23(29(32)30(25)34-26)21-6-5-11-38(20-21)28(40)9-12-39-13-10-33-35-39/h3-4,6-8,10,13,18-19,34H,5,9,11-12,14-17,20H2,1-2H3. The first kappa shape index (κ1) is 27.6. The zero-order valence-corrected chi connectivity index (χ0v) is 23.8. The number of nitrogens with zero attached hydrogens (tertiary/aromatic N) is 6. The third-order valence-electron chi connectivity index (χ3n) is 8.15. The molecular weight excluding hydrogens is 537 g/mol. The molecule has 0 saturated carbocycles. The maximum Gasteiger partial charge on any atom is 0.270 e. The number of piperazine rings is 1. The summed E-state index contributed by atoms with van der Waals surface area (Å²) >= 11 is 0. The molecule has 1 N–H and O–H groups in total. The van der Waals surface area contributed by atoms with Gasteiger partial charge in [-0.2, -0.15) is 0 Å². The van der Waals surface area contributed by atoms with Gasteiger partial charge in [-0.1, -0.05) is 29.5 Å². The molecule has 4 heterocycles. The maximum absolute atomic E-state index is 16.4. The molecule has 10 nitrogen and oxygen atoms in total. The molecule has 0 aliphatic carbocycles. The Morgan fingerprint density at radius 2 is 1.83 bits per heavy atom. The molecule has 2 aromatic heterocycles. The maximum atomic E-state index is 16.4. The molecule has 2 aliphatic rings. The molecule has 218 valence electrons. The number of methoxy groups -OCH3 is 1. The lowest BCUT2D eigenvalue weighted by atomic mass is 9.93. The molecule has 2 aromatic carbocycles. The number of para-hydroxylation sites is 1. The van der Waals surface area contributed by atoms with E-state index in [4.69, 9.17) is 4.74 Å². The second-order valence-electron chi connectivity index (χ2n) is 10.8. The van der Waals surface area contributed by atoms with E-state index < -0.39 is 5.82 Å². The molecule has 0 unspecified atom stereocenters. The number of ether oxygens (including phenoxy) is 1. The van der Waals surface area contributed by atoms with Crippen LogP contribution in [0.5, 0.6) is 5.75 Å². The van der Waals surface area contributed by atoms with Crippen molar-refractivity contribution < 1.29 is 18.7 Å². The minimum Gasteiger partial charge on any atom is -0.496 e. The third kappa shape index (κ3) is 5.39. The van der Waals surface area contributed by atoms with E-state index in [-0.39, 0.29) is 30.3 Å². The van der Waals surface area contributed by atoms with Crippen LogP contribution in [0.1, 0.15) is 28.9 Å². The number of likely N-dealkylation sites (N-methyl/N-ethyl adjacent to an activating group) is 1. The number of carbonyl (C=O) groups is 2. The number of aryl methyl sites for hydroxylation is 1. The number of rotatable bonds is 7. The predicted octanol–water partition coefficient (Wildman–Crippen LogP) is 3.67. The van der Waals surface area contributed by atoms with Crippen molar-refractivity contribution in [2.75, 3.05) is 53.4 Å². The number of hydrogen-bond acceptors (Lipinski definition) is 6. The highest BCUT2D eigenvalue weighted by molar-refractivity contribution is 6.05. The number of halogens is 1. The quantitative estimate of drug-likeness (QED) is 0.364. The van der Waals surface area contributed by atoms with Gasteiger partial charge in [0.05, 0.1) is 25.4 Å². The summed E-state index contributed by atoms with van der Waals surface area (Å²) in [5, 5.41) is 8.32. The summed E-state index contributed by atoms with van der Waals surface area (Å²) < 4.78 is 23.7. The van der Waals surface area contributed by atoms with Crippen molar-refractivity contribution in [1.82, 2.24) is 34.7 Å². The summed E-state index contributed by atoms with van der Waals surface area (Å²) in [6.07, 6.45) is 6.19. The molecular formula is C31H34FN7O3. The van der Waals surface area contributed by atoms with E-state index in [0.29, 0.717) is 55.0 Å². The van der Waals surface area contributed by atoms with Crippen molar-refractivity contribution in [3.05, 3.63) is 71.9 Å². The van der Waals surface area contributed by atoms with E-state index in [9.17, 15) is 9.59 Å². The van der Waals surface area contributed by atoms with Crippen LogP contribution < -0.4 is 4.74 Å². The zero-order valence-electron chi connectivity index (χ0n) is 23.8. The molecule has 4 aromatic rings. The molecule has 2 aliphatic heterocycles. The Balaban J connectivity index is 1.37. The number of carbonyl (C=O) groups excluding carboxylic acids is 2. The zero-order chi connectivity index (χ0) is 29.2. The van der Waals surface area contributed by atoms with Crippen molar-refractivity contribution in [3.8, 4) is 16.9 Å². The third-order valence-corrected chi connectivity index (χ3v) is 8.15. The number of fused-ring (bicyclic) bond motifs is 1. The highest BCUT2D eigenvalue weighted by Crippen LogP contribution is 2.40. The van der Waals surface area contributed by atoms with Crippen molar-refractivity contribution in [3.63, 3.8) is 0 Å². The summed E-state index contributed by atoms with van der Waals surface area (Å²) in [5.41, 5.74) is 3.29. The fraction of sp³-hybridized carbons (Fsp3) is 0.355. The lowest BCUT2D eigenvalue weighted by Crippen LogP contribution is -2.47. The van der Waals surface area contributed by atoms with Gasteiger partial charge in [0.2, 0.25) is 5.91 Å². The summed E-state index contributed by atoms with van der Waals surface area (Å²) in [5.74, 6) is 0.0333. The van der Waals surface area contributed by atoms with E-state index in [2.05, 4.69) is 20.2 Å². The highest BCUT2D eigenvalue weighted by atomic mass is 19.1. The van der Waals surface area contributed by atoms with Gasteiger partial charge in [0.1, 0.15) is 11.4 Å². The highest BCUT2D eigenvalue weighted by Gasteiger charge is 2.27. The molecule has 0 bridgehead atoms. The number of benzene rings is 2. The Kier molecular flexibility index (Phi) is 7.75. The molecule has 6 rings (SSSR count). The summed E-state index contributed by atoms with van der Waals surface area (Å²) in [6.45, 7) is 4.10. The number of H-pyrrole nitrogens is 1. The molecule has 11 heteroatoms. The summed E-state index contributed by atoms with van der Waals surface area (Å²) in [7, 11) is 3.64. The normalized spacial score (nSPS) is 16.1. The Bertz CT molecular complexity index is 1640. The van der Waals surface area contributed by atoms with E-state index in [1.54, 1.807) is 40.1 Å². The lowest BCUT2D eigenvalue weighted by molar-refractivity contribution is -0.131. The lowest BCUT2D eigenvalue weighted by Gasteiger charge is -2.32. The monoisotopic (exact) mass is 571 g/mol. The Labute approximate surface area is 243 Å². The number of nitrogens with one attached hydrogen (secondary N) is 1. The average molecular weight is 572 g/mol. The van der Waals surface area contributed by atoms with E-state index >= 15 is 4.39 Å². The largest absolute Gasteiger partial charge is 0.496 e. The van der Waals surface area contributed by atoms with E-state index in [0.717, 1.165) is 29.8 Å². The Morgan fingerprint density at radius 1 is 1.02 bits per heavy atom. The molecule has 2 amide bonds. The first-order valence-electron chi connectivity index (χ1n) is 14.2. The predicted molar refractivity (Wildman–Crippen MR) is 157 cm³/mol. The van der Waals surface area contributed by atoms with Crippen LogP contribution in [0.2, 0.25) is 0 Å². The van der Waals surface area contributed by atoms with Gasteiger partial charge in [-0.25, -0.2) is 4.39 Å². The van der Waals surface area contributed by atoms with Crippen LogP contribution in [0.4, 0.5) is 4.39 Å². The first-order valence-corrected chi connectivity index (χ1v) is 14.2. The minimum atomic E-state index is -0.441. The van der Waals surface area contributed by atoms with Crippen molar-refractivity contribution in [2.24, 2.45) is 0 Å². The van der Waals surface area contributed by atoms with E-state index in [1.165, 1.54) is 0 Å². The van der Waals surface area contributed by atoms with Crippen LogP contribution >= 0.6 is 0 Å². The smallest absolute Gasteiger partial charge is 0.270 e. The Hall–Kier alpha value is -4.51. The number of amides is 2. The van der Waals surface area contributed by atoms with Crippen LogP contribution in [0.15, 0.2) is 54.9 Å². The average Bonchev–Trinajstić information content (AvgIpc) is 3.71. The second-order valence-corrected chi connectivity index (χ2v) is 10.8. The van der Waals surface area contributed by atoms with Crippen LogP contribution in [0.25, 0.3) is 27.6 Å². The van der Waals surface area contributed by atoms with Crippen molar-refractivity contribution in [1.29, 1.82) is 0 Å². The van der Waals surface area contributed by atoms with Gasteiger partial charge < -0.3 is 24.4 Å². The van der Waals surface area contributed by atoms with Gasteiger partial charge >= 0.3 is 0 Å². The first-order chi connectivity index (χ1) is 20.4. The topological polar surface area (TPSA) is 99.6 Å². The molecule has 1 fully saturated rings. The molecule has 0 atom stereocenters. The molecule has 1 saturated heterocycles. The van der Waals surface area contributed by atoms with Crippen LogP contribution in [0.3, 0.4) is 0 Å². The van der Waals surface area contributed by atoms with Crippen LogP contribution in [-0.2, 0) is 11.3 Å². The van der Waals surface area contributed by atoms with Crippen LogP contribution in [0, 0.1) is 5.82 Å². The fourth-order valence-electron chi connectivity index (χ4n) is 5.75. The minimum absolute atomic E-state index is 0.0255. The van der Waals surface area contributed by atoms with Gasteiger partial charge in [-0.3, -0.25) is 14.3 Å². The van der Waals surface area contributed by atoms with Gasteiger partial charge in [0.15, 0.2) is 5.82 Å². The van der Waals surface area contributed by atoms with Crippen molar-refractivity contribution >= 4 is 28.3 Å². The Morgan fingerprint density at radius 3 is 2.60 bits per heavy atom.